The van der Waals surface area contributed by atoms with E-state index in [1.54, 1.807) is 22.7 Å². The van der Waals surface area contributed by atoms with Crippen LogP contribution in [-0.4, -0.2) is 22.6 Å². The molecule has 0 fully saturated rings. The highest BCUT2D eigenvalue weighted by Gasteiger charge is 2.04. The van der Waals surface area contributed by atoms with Crippen LogP contribution in [0, 0.1) is 0 Å². The van der Waals surface area contributed by atoms with Crippen molar-refractivity contribution in [3.8, 4) is 0 Å². The summed E-state index contributed by atoms with van der Waals surface area (Å²) in [7, 11) is 0. The molecule has 0 unspecified atom stereocenters. The first-order valence-corrected chi connectivity index (χ1v) is 7.32. The lowest BCUT2D eigenvalue weighted by Gasteiger charge is -2.00. The molecule has 0 spiro atoms. The molecule has 96 valence electrons. The molecule has 6 heteroatoms. The summed E-state index contributed by atoms with van der Waals surface area (Å²) in [6.45, 7) is 1.68. The highest BCUT2D eigenvalue weighted by atomic mass is 32.1. The number of aromatic nitrogens is 1. The maximum absolute atomic E-state index is 10.6. The van der Waals surface area contributed by atoms with E-state index in [0.29, 0.717) is 0 Å². The van der Waals surface area contributed by atoms with Gasteiger partial charge in [0.15, 0.2) is 0 Å². The summed E-state index contributed by atoms with van der Waals surface area (Å²) in [6.07, 6.45) is 2.87. The molecule has 0 aromatic carbocycles. The van der Waals surface area contributed by atoms with Gasteiger partial charge in [-0.15, -0.1) is 22.7 Å². The fourth-order valence-electron chi connectivity index (χ4n) is 1.54. The van der Waals surface area contributed by atoms with Crippen LogP contribution in [0.25, 0.3) is 0 Å². The summed E-state index contributed by atoms with van der Waals surface area (Å²) in [4.78, 5) is 16.8. The largest absolute Gasteiger partial charge is 0.481 e. The van der Waals surface area contributed by atoms with Crippen molar-refractivity contribution in [3.63, 3.8) is 0 Å². The Morgan fingerprint density at radius 2 is 2.22 bits per heavy atom. The fraction of sp³-hybridized carbons (Fsp3) is 0.333. The molecule has 0 radical (unpaired) electrons. The van der Waals surface area contributed by atoms with Gasteiger partial charge < -0.3 is 10.4 Å². The van der Waals surface area contributed by atoms with Crippen molar-refractivity contribution in [1.29, 1.82) is 0 Å². The van der Waals surface area contributed by atoms with Crippen LogP contribution < -0.4 is 5.32 Å². The van der Waals surface area contributed by atoms with Gasteiger partial charge in [0.1, 0.15) is 0 Å². The zero-order chi connectivity index (χ0) is 12.8. The van der Waals surface area contributed by atoms with Crippen molar-refractivity contribution in [2.75, 3.05) is 6.54 Å². The molecule has 0 saturated heterocycles. The van der Waals surface area contributed by atoms with Crippen molar-refractivity contribution in [3.05, 3.63) is 38.5 Å². The molecule has 4 nitrogen and oxygen atoms in total. The topological polar surface area (TPSA) is 62.2 Å². The Morgan fingerprint density at radius 1 is 1.39 bits per heavy atom. The van der Waals surface area contributed by atoms with E-state index in [-0.39, 0.29) is 6.42 Å². The molecular formula is C12H14N2O2S2. The van der Waals surface area contributed by atoms with Crippen molar-refractivity contribution >= 4 is 28.6 Å². The third kappa shape index (κ3) is 4.21. The monoisotopic (exact) mass is 282 g/mol. The van der Waals surface area contributed by atoms with Gasteiger partial charge in [0.25, 0.3) is 0 Å². The highest BCUT2D eigenvalue weighted by Crippen LogP contribution is 2.16. The second kappa shape index (κ2) is 6.63. The number of thiazole rings is 1. The lowest BCUT2D eigenvalue weighted by Crippen LogP contribution is -2.15. The Hall–Kier alpha value is -1.24. The van der Waals surface area contributed by atoms with E-state index >= 15 is 0 Å². The Morgan fingerprint density at radius 3 is 2.94 bits per heavy atom. The predicted molar refractivity (Wildman–Crippen MR) is 73.2 cm³/mol. The number of nitrogens with zero attached hydrogens (tertiary/aromatic N) is 1. The summed E-state index contributed by atoms with van der Waals surface area (Å²) in [5.41, 5.74) is 0. The summed E-state index contributed by atoms with van der Waals surface area (Å²) >= 11 is 3.22. The summed E-state index contributed by atoms with van der Waals surface area (Å²) in [5.74, 6) is -0.778. The Kier molecular flexibility index (Phi) is 4.86. The molecule has 2 heterocycles. The van der Waals surface area contributed by atoms with Gasteiger partial charge in [0.2, 0.25) is 0 Å². The summed E-state index contributed by atoms with van der Waals surface area (Å²) in [5, 5.41) is 15.1. The molecule has 0 aliphatic heterocycles. The molecule has 0 bridgehead atoms. The minimum atomic E-state index is -0.778. The fourth-order valence-corrected chi connectivity index (χ4v) is 3.14. The SMILES string of the molecule is O=C(O)Cc1ccc(CNCCc2nccs2)s1. The van der Waals surface area contributed by atoms with E-state index in [4.69, 9.17) is 5.11 Å². The van der Waals surface area contributed by atoms with E-state index in [1.165, 1.54) is 4.88 Å². The minimum Gasteiger partial charge on any atom is -0.481 e. The number of carbonyl (C=O) groups is 1. The minimum absolute atomic E-state index is 0.115. The first kappa shape index (κ1) is 13.2. The van der Waals surface area contributed by atoms with Gasteiger partial charge >= 0.3 is 5.97 Å². The average molecular weight is 282 g/mol. The van der Waals surface area contributed by atoms with Crippen molar-refractivity contribution in [1.82, 2.24) is 10.3 Å². The normalized spacial score (nSPS) is 10.7. The van der Waals surface area contributed by atoms with Crippen LogP contribution in [0.3, 0.4) is 0 Å². The first-order valence-electron chi connectivity index (χ1n) is 5.62. The maximum Gasteiger partial charge on any atom is 0.308 e. The van der Waals surface area contributed by atoms with Crippen LogP contribution in [-0.2, 0) is 24.2 Å². The molecule has 2 rings (SSSR count). The predicted octanol–water partition coefficient (Wildman–Crippen LogP) is 2.16. The molecule has 0 saturated carbocycles. The molecular weight excluding hydrogens is 268 g/mol. The quantitative estimate of drug-likeness (QED) is 0.764. The van der Waals surface area contributed by atoms with E-state index in [9.17, 15) is 4.79 Å². The van der Waals surface area contributed by atoms with Gasteiger partial charge in [-0.05, 0) is 12.1 Å². The van der Waals surface area contributed by atoms with Crippen LogP contribution in [0.5, 0.6) is 0 Å². The number of rotatable bonds is 7. The molecule has 2 aromatic rings. The van der Waals surface area contributed by atoms with Gasteiger partial charge in [-0.25, -0.2) is 4.98 Å². The molecule has 2 N–H and O–H groups in total. The van der Waals surface area contributed by atoms with E-state index in [1.807, 2.05) is 23.7 Å². The maximum atomic E-state index is 10.6. The van der Waals surface area contributed by atoms with Crippen LogP contribution in [0.2, 0.25) is 0 Å². The number of thiophene rings is 1. The molecule has 18 heavy (non-hydrogen) atoms. The third-order valence-electron chi connectivity index (χ3n) is 2.34. The average Bonchev–Trinajstić information content (AvgIpc) is 2.95. The van der Waals surface area contributed by atoms with E-state index < -0.39 is 5.97 Å². The van der Waals surface area contributed by atoms with Crippen LogP contribution in [0.15, 0.2) is 23.7 Å². The van der Waals surface area contributed by atoms with Crippen molar-refractivity contribution < 1.29 is 9.90 Å². The van der Waals surface area contributed by atoms with E-state index in [0.717, 1.165) is 29.4 Å². The summed E-state index contributed by atoms with van der Waals surface area (Å²) in [6, 6.07) is 3.87. The van der Waals surface area contributed by atoms with Gasteiger partial charge in [-0.2, -0.15) is 0 Å². The van der Waals surface area contributed by atoms with Crippen LogP contribution in [0.1, 0.15) is 14.8 Å². The number of aliphatic carboxylic acids is 1. The molecule has 0 aliphatic rings. The molecule has 2 aromatic heterocycles. The highest BCUT2D eigenvalue weighted by molar-refractivity contribution is 7.12. The molecule has 0 amide bonds. The second-order valence-corrected chi connectivity index (χ2v) is 6.02. The molecule has 0 aliphatic carbocycles. The van der Waals surface area contributed by atoms with Gasteiger partial charge in [-0.1, -0.05) is 0 Å². The van der Waals surface area contributed by atoms with Gasteiger partial charge in [0.05, 0.1) is 11.4 Å². The van der Waals surface area contributed by atoms with E-state index in [2.05, 4.69) is 10.3 Å². The number of carboxylic acids is 1. The van der Waals surface area contributed by atoms with Crippen molar-refractivity contribution in [2.45, 2.75) is 19.4 Å². The number of hydrogen-bond acceptors (Lipinski definition) is 5. The van der Waals surface area contributed by atoms with Crippen molar-refractivity contribution in [2.24, 2.45) is 0 Å². The number of nitrogens with one attached hydrogen (secondary N) is 1. The lowest BCUT2D eigenvalue weighted by atomic mass is 10.3. The lowest BCUT2D eigenvalue weighted by molar-refractivity contribution is -0.136. The Balaban J connectivity index is 1.70. The number of carboxylic acid groups (broad SMARTS) is 1. The molecule has 0 atom stereocenters. The Bertz CT molecular complexity index is 494. The third-order valence-corrected chi connectivity index (χ3v) is 4.27. The van der Waals surface area contributed by atoms with Crippen LogP contribution >= 0.6 is 22.7 Å². The van der Waals surface area contributed by atoms with Crippen LogP contribution in [0.4, 0.5) is 0 Å². The van der Waals surface area contributed by atoms with Gasteiger partial charge in [-0.3, -0.25) is 4.79 Å². The second-order valence-electron chi connectivity index (χ2n) is 3.79. The number of hydrogen-bond donors (Lipinski definition) is 2. The zero-order valence-corrected chi connectivity index (χ0v) is 11.4. The standard InChI is InChI=1S/C12H14N2O2S2/c15-12(16)7-9-1-2-10(18-9)8-13-4-3-11-14-5-6-17-11/h1-2,5-6,13H,3-4,7-8H2,(H,15,16). The smallest absolute Gasteiger partial charge is 0.308 e. The summed E-state index contributed by atoms with van der Waals surface area (Å²) < 4.78 is 0. The first-order chi connectivity index (χ1) is 8.74. The Labute approximate surface area is 113 Å². The zero-order valence-electron chi connectivity index (χ0n) is 9.76. The van der Waals surface area contributed by atoms with Gasteiger partial charge in [0, 0.05) is 40.8 Å².